The number of nitrogens with one attached hydrogen (secondary N) is 2. The lowest BCUT2D eigenvalue weighted by molar-refractivity contribution is -0.152. The molecule has 0 aromatic carbocycles. The monoisotopic (exact) mass is 279 g/mol. The summed E-state index contributed by atoms with van der Waals surface area (Å²) in [5.41, 5.74) is -0.0715. The Kier molecular flexibility index (Phi) is 4.76. The second-order valence-electron chi connectivity index (χ2n) is 5.53. The Hall–Kier alpha value is -1.85. The number of amides is 1. The minimum atomic E-state index is -0.880. The van der Waals surface area contributed by atoms with Crippen molar-refractivity contribution in [1.82, 2.24) is 15.3 Å². The summed E-state index contributed by atoms with van der Waals surface area (Å²) >= 11 is 0. The quantitative estimate of drug-likeness (QED) is 0.717. The smallest absolute Gasteiger partial charge is 0.310 e. The van der Waals surface area contributed by atoms with Crippen molar-refractivity contribution in [2.75, 3.05) is 0 Å². The maximum atomic E-state index is 12.0. The van der Waals surface area contributed by atoms with Gasteiger partial charge in [0.05, 0.1) is 24.0 Å². The predicted molar refractivity (Wildman–Crippen MR) is 72.8 cm³/mol. The van der Waals surface area contributed by atoms with E-state index < -0.39 is 11.4 Å². The molecular formula is C14H21N3O3. The number of carboxylic acids is 1. The fourth-order valence-corrected chi connectivity index (χ4v) is 2.82. The van der Waals surface area contributed by atoms with Gasteiger partial charge in [0.2, 0.25) is 5.91 Å². The third-order valence-electron chi connectivity index (χ3n) is 4.04. The number of rotatable bonds is 5. The van der Waals surface area contributed by atoms with Crippen molar-refractivity contribution in [3.8, 4) is 0 Å². The first-order valence-corrected chi connectivity index (χ1v) is 7.10. The topological polar surface area (TPSA) is 95.1 Å². The molecule has 6 heteroatoms. The molecule has 1 aromatic heterocycles. The number of aliphatic carboxylic acids is 1. The number of hydrogen-bond acceptors (Lipinski definition) is 3. The molecule has 0 bridgehead atoms. The van der Waals surface area contributed by atoms with Crippen LogP contribution in [0.25, 0.3) is 0 Å². The van der Waals surface area contributed by atoms with Crippen molar-refractivity contribution in [2.24, 2.45) is 5.41 Å². The maximum absolute atomic E-state index is 12.0. The lowest BCUT2D eigenvalue weighted by atomic mass is 9.77. The van der Waals surface area contributed by atoms with Gasteiger partial charge >= 0.3 is 5.97 Å². The summed E-state index contributed by atoms with van der Waals surface area (Å²) in [6, 6.07) is 0. The van der Waals surface area contributed by atoms with Gasteiger partial charge in [-0.15, -0.1) is 0 Å². The van der Waals surface area contributed by atoms with Crippen molar-refractivity contribution < 1.29 is 14.7 Å². The normalized spacial score (nSPS) is 18.2. The standard InChI is InChI=1S/C14H21N3O3/c18-12(16-9-11-8-15-10-17-11)7-14(13(19)20)5-3-1-2-4-6-14/h8,10H,1-7,9H2,(H,15,17)(H,16,18)(H,19,20). The third-order valence-corrected chi connectivity index (χ3v) is 4.04. The highest BCUT2D eigenvalue weighted by Crippen LogP contribution is 2.38. The molecule has 1 aliphatic carbocycles. The molecule has 0 saturated heterocycles. The zero-order valence-electron chi connectivity index (χ0n) is 11.5. The van der Waals surface area contributed by atoms with Crippen LogP contribution in [0, 0.1) is 5.41 Å². The molecule has 1 saturated carbocycles. The Morgan fingerprint density at radius 3 is 2.55 bits per heavy atom. The van der Waals surface area contributed by atoms with E-state index in [1.54, 1.807) is 12.5 Å². The van der Waals surface area contributed by atoms with Crippen LogP contribution in [0.2, 0.25) is 0 Å². The number of aromatic amines is 1. The highest BCUT2D eigenvalue weighted by Gasteiger charge is 2.40. The molecule has 1 amide bonds. The number of imidazole rings is 1. The van der Waals surface area contributed by atoms with Crippen molar-refractivity contribution in [3.63, 3.8) is 0 Å². The van der Waals surface area contributed by atoms with E-state index in [1.165, 1.54) is 0 Å². The van der Waals surface area contributed by atoms with Gasteiger partial charge in [-0.2, -0.15) is 0 Å². The summed E-state index contributed by atoms with van der Waals surface area (Å²) in [5.74, 6) is -1.04. The van der Waals surface area contributed by atoms with Crippen molar-refractivity contribution >= 4 is 11.9 Å². The summed E-state index contributed by atoms with van der Waals surface area (Å²) in [6.07, 6.45) is 8.34. The van der Waals surface area contributed by atoms with Crippen LogP contribution in [0.15, 0.2) is 12.5 Å². The summed E-state index contributed by atoms with van der Waals surface area (Å²) in [4.78, 5) is 30.4. The highest BCUT2D eigenvalue weighted by atomic mass is 16.4. The van der Waals surface area contributed by atoms with Crippen LogP contribution < -0.4 is 5.32 Å². The van der Waals surface area contributed by atoms with E-state index in [4.69, 9.17) is 0 Å². The SMILES string of the molecule is O=C(CC1(C(=O)O)CCCCCC1)NCc1cnc[nH]1. The molecule has 20 heavy (non-hydrogen) atoms. The largest absolute Gasteiger partial charge is 0.481 e. The summed E-state index contributed by atoms with van der Waals surface area (Å²) < 4.78 is 0. The molecule has 0 unspecified atom stereocenters. The summed E-state index contributed by atoms with van der Waals surface area (Å²) in [5, 5.41) is 12.3. The number of carboxylic acid groups (broad SMARTS) is 1. The van der Waals surface area contributed by atoms with Gasteiger partial charge in [-0.1, -0.05) is 25.7 Å². The summed E-state index contributed by atoms with van der Waals surface area (Å²) in [7, 11) is 0. The fourth-order valence-electron chi connectivity index (χ4n) is 2.82. The second-order valence-corrected chi connectivity index (χ2v) is 5.53. The summed E-state index contributed by atoms with van der Waals surface area (Å²) in [6.45, 7) is 0.356. The maximum Gasteiger partial charge on any atom is 0.310 e. The molecular weight excluding hydrogens is 258 g/mol. The van der Waals surface area contributed by atoms with Gasteiger partial charge in [-0.05, 0) is 12.8 Å². The first-order valence-electron chi connectivity index (χ1n) is 7.10. The van der Waals surface area contributed by atoms with Crippen LogP contribution in [0.4, 0.5) is 0 Å². The van der Waals surface area contributed by atoms with E-state index in [1.807, 2.05) is 0 Å². The molecule has 0 spiro atoms. The van der Waals surface area contributed by atoms with Gasteiger partial charge in [-0.3, -0.25) is 9.59 Å². The number of carbonyl (C=O) groups excluding carboxylic acids is 1. The average molecular weight is 279 g/mol. The molecule has 0 atom stereocenters. The number of nitrogens with zero attached hydrogens (tertiary/aromatic N) is 1. The Labute approximate surface area is 118 Å². The van der Waals surface area contributed by atoms with Gasteiger partial charge in [0.25, 0.3) is 0 Å². The molecule has 1 heterocycles. The van der Waals surface area contributed by atoms with Crippen LogP contribution in [0.3, 0.4) is 0 Å². The van der Waals surface area contributed by atoms with Crippen LogP contribution in [-0.4, -0.2) is 27.0 Å². The number of carbonyl (C=O) groups is 2. The minimum Gasteiger partial charge on any atom is -0.481 e. The molecule has 1 fully saturated rings. The van der Waals surface area contributed by atoms with Crippen LogP contribution in [0.5, 0.6) is 0 Å². The lowest BCUT2D eigenvalue weighted by Crippen LogP contribution is -2.37. The first-order chi connectivity index (χ1) is 9.62. The molecule has 2 rings (SSSR count). The molecule has 6 nitrogen and oxygen atoms in total. The van der Waals surface area contributed by atoms with Crippen LogP contribution >= 0.6 is 0 Å². The van der Waals surface area contributed by atoms with Crippen LogP contribution in [0.1, 0.15) is 50.6 Å². The Balaban J connectivity index is 1.93. The fraction of sp³-hybridized carbons (Fsp3) is 0.643. The van der Waals surface area contributed by atoms with Gasteiger partial charge < -0.3 is 15.4 Å². The average Bonchev–Trinajstić information content (AvgIpc) is 2.82. The van der Waals surface area contributed by atoms with Gasteiger partial charge in [0.1, 0.15) is 0 Å². The molecule has 3 N–H and O–H groups in total. The van der Waals surface area contributed by atoms with Crippen LogP contribution in [-0.2, 0) is 16.1 Å². The second kappa shape index (κ2) is 6.54. The van der Waals surface area contributed by atoms with Crippen molar-refractivity contribution in [1.29, 1.82) is 0 Å². The molecule has 0 radical (unpaired) electrons. The van der Waals surface area contributed by atoms with Crippen molar-refractivity contribution in [3.05, 3.63) is 18.2 Å². The van der Waals surface area contributed by atoms with E-state index in [9.17, 15) is 14.7 Å². The van der Waals surface area contributed by atoms with E-state index in [-0.39, 0.29) is 12.3 Å². The zero-order chi connectivity index (χ0) is 14.4. The Bertz CT molecular complexity index is 448. The van der Waals surface area contributed by atoms with E-state index in [0.29, 0.717) is 19.4 Å². The number of H-pyrrole nitrogens is 1. The molecule has 1 aromatic rings. The van der Waals surface area contributed by atoms with E-state index in [0.717, 1.165) is 31.4 Å². The number of aromatic nitrogens is 2. The van der Waals surface area contributed by atoms with Gasteiger partial charge in [0, 0.05) is 12.6 Å². The Morgan fingerprint density at radius 2 is 2.00 bits per heavy atom. The minimum absolute atomic E-state index is 0.0659. The van der Waals surface area contributed by atoms with E-state index >= 15 is 0 Å². The predicted octanol–water partition coefficient (Wildman–Crippen LogP) is 1.84. The molecule has 0 aliphatic heterocycles. The lowest BCUT2D eigenvalue weighted by Gasteiger charge is -2.27. The zero-order valence-corrected chi connectivity index (χ0v) is 11.5. The van der Waals surface area contributed by atoms with Gasteiger partial charge in [-0.25, -0.2) is 4.98 Å². The highest BCUT2D eigenvalue weighted by molar-refractivity contribution is 5.84. The number of hydrogen-bond donors (Lipinski definition) is 3. The van der Waals surface area contributed by atoms with E-state index in [2.05, 4.69) is 15.3 Å². The van der Waals surface area contributed by atoms with Crippen molar-refractivity contribution in [2.45, 2.75) is 51.5 Å². The third kappa shape index (κ3) is 3.59. The molecule has 1 aliphatic rings. The Morgan fingerprint density at radius 1 is 1.30 bits per heavy atom. The first kappa shape index (κ1) is 14.6. The van der Waals surface area contributed by atoms with Gasteiger partial charge in [0.15, 0.2) is 0 Å². The molecule has 110 valence electrons.